The first kappa shape index (κ1) is 29.1. The van der Waals surface area contributed by atoms with E-state index in [1.165, 1.54) is 0 Å². The molecule has 40 heavy (non-hydrogen) atoms. The van der Waals surface area contributed by atoms with Crippen LogP contribution in [0.25, 0.3) is 10.8 Å². The van der Waals surface area contributed by atoms with E-state index in [4.69, 9.17) is 14.5 Å². The number of nitrogens with zero attached hydrogens (tertiary/aromatic N) is 2. The van der Waals surface area contributed by atoms with Crippen LogP contribution in [0.5, 0.6) is 0 Å². The number of amides is 1. The molecule has 0 aliphatic heterocycles. The smallest absolute Gasteiger partial charge is 0.407 e. The second-order valence-corrected chi connectivity index (χ2v) is 11.7. The van der Waals surface area contributed by atoms with Gasteiger partial charge in [-0.3, -0.25) is 0 Å². The fraction of sp³-hybridized carbons (Fsp3) is 0.484. The number of hydrogen-bond donors (Lipinski definition) is 3. The molecule has 1 aliphatic rings. The van der Waals surface area contributed by atoms with Crippen molar-refractivity contribution < 1.29 is 19.1 Å². The fourth-order valence-corrected chi connectivity index (χ4v) is 4.77. The van der Waals surface area contributed by atoms with Gasteiger partial charge in [0.2, 0.25) is 0 Å². The molecule has 0 radical (unpaired) electrons. The average molecular weight is 548 g/mol. The van der Waals surface area contributed by atoms with Crippen molar-refractivity contribution in [2.75, 3.05) is 10.6 Å². The molecule has 1 saturated carbocycles. The second-order valence-electron chi connectivity index (χ2n) is 11.7. The van der Waals surface area contributed by atoms with Crippen molar-refractivity contribution >= 4 is 34.5 Å². The van der Waals surface area contributed by atoms with Gasteiger partial charge >= 0.3 is 12.1 Å². The quantitative estimate of drug-likeness (QED) is 0.270. The number of carbonyl (C=O) groups is 2. The van der Waals surface area contributed by atoms with Gasteiger partial charge in [0.15, 0.2) is 0 Å². The molecular weight excluding hydrogens is 506 g/mol. The topological polar surface area (TPSA) is 114 Å². The summed E-state index contributed by atoms with van der Waals surface area (Å²) in [6.07, 6.45) is 4.51. The molecule has 1 atom stereocenters. The maximum atomic E-state index is 12.6. The maximum absolute atomic E-state index is 12.6. The highest BCUT2D eigenvalue weighted by Crippen LogP contribution is 2.30. The third kappa shape index (κ3) is 8.07. The maximum Gasteiger partial charge on any atom is 0.407 e. The Kier molecular flexibility index (Phi) is 9.12. The normalized spacial score (nSPS) is 18.2. The predicted octanol–water partition coefficient (Wildman–Crippen LogP) is 6.62. The van der Waals surface area contributed by atoms with Gasteiger partial charge in [0.25, 0.3) is 0 Å². The Bertz CT molecular complexity index is 1310. The van der Waals surface area contributed by atoms with Crippen molar-refractivity contribution in [3.8, 4) is 0 Å². The number of carbonyl (C=O) groups excluding carboxylic acids is 2. The first-order valence-electron chi connectivity index (χ1n) is 14.1. The molecule has 0 unspecified atom stereocenters. The fourth-order valence-electron chi connectivity index (χ4n) is 4.77. The minimum Gasteiger partial charge on any atom is -0.453 e. The first-order chi connectivity index (χ1) is 19.0. The van der Waals surface area contributed by atoms with Crippen molar-refractivity contribution in [2.45, 2.75) is 97.1 Å². The molecule has 3 N–H and O–H groups in total. The molecule has 2 heterocycles. The number of benzene rings is 1. The zero-order valence-electron chi connectivity index (χ0n) is 24.3. The summed E-state index contributed by atoms with van der Waals surface area (Å²) in [5.74, 6) is 1.11. The average Bonchev–Trinajstić information content (AvgIpc) is 2.89. The van der Waals surface area contributed by atoms with Crippen LogP contribution in [0.15, 0.2) is 48.7 Å². The molecule has 9 heteroatoms. The lowest BCUT2D eigenvalue weighted by molar-refractivity contribution is 0.0329. The van der Waals surface area contributed by atoms with Crippen LogP contribution in [0.1, 0.15) is 89.4 Å². The number of alkyl carbamates (subject to hydrolysis) is 1. The third-order valence-electron chi connectivity index (χ3n) is 6.67. The van der Waals surface area contributed by atoms with Crippen molar-refractivity contribution in [3.63, 3.8) is 0 Å². The standard InChI is InChI=1S/C31H41N5O4/c1-19(2)33-28-25-17-27(34-23-12-14-24(15-13-23)35-30(38)40-31(4,5)6)32-18-22(25)16-26(36-28)20(3)39-29(37)21-10-8-7-9-11-21/h7-11,16-20,23-24H,12-15H2,1-6H3,(H,32,34)(H,33,36)(H,35,38)/t20-,23?,24?/m1/s1. The van der Waals surface area contributed by atoms with Gasteiger partial charge in [0.05, 0.1) is 11.3 Å². The zero-order valence-corrected chi connectivity index (χ0v) is 24.3. The van der Waals surface area contributed by atoms with E-state index in [0.29, 0.717) is 11.3 Å². The summed E-state index contributed by atoms with van der Waals surface area (Å²) in [7, 11) is 0. The minimum absolute atomic E-state index is 0.111. The van der Waals surface area contributed by atoms with Gasteiger partial charge in [-0.1, -0.05) is 18.2 Å². The number of aromatic nitrogens is 2. The van der Waals surface area contributed by atoms with Crippen LogP contribution in [0.2, 0.25) is 0 Å². The van der Waals surface area contributed by atoms with Crippen LogP contribution in [0.3, 0.4) is 0 Å². The number of nitrogens with one attached hydrogen (secondary N) is 3. The van der Waals surface area contributed by atoms with Gasteiger partial charge in [-0.2, -0.15) is 0 Å². The van der Waals surface area contributed by atoms with Gasteiger partial charge in [-0.05, 0) is 91.5 Å². The van der Waals surface area contributed by atoms with Gasteiger partial charge in [-0.25, -0.2) is 19.6 Å². The monoisotopic (exact) mass is 547 g/mol. The summed E-state index contributed by atoms with van der Waals surface area (Å²) in [6.45, 7) is 11.5. The molecule has 214 valence electrons. The molecule has 1 fully saturated rings. The molecular formula is C31H41N5O4. The van der Waals surface area contributed by atoms with Crippen LogP contribution >= 0.6 is 0 Å². The molecule has 4 rings (SSSR count). The summed E-state index contributed by atoms with van der Waals surface area (Å²) in [6, 6.07) is 13.4. The highest BCUT2D eigenvalue weighted by molar-refractivity contribution is 5.94. The number of ether oxygens (including phenoxy) is 2. The molecule has 0 bridgehead atoms. The lowest BCUT2D eigenvalue weighted by atomic mass is 9.91. The van der Waals surface area contributed by atoms with E-state index in [1.807, 2.05) is 64.2 Å². The molecule has 2 aromatic heterocycles. The molecule has 9 nitrogen and oxygen atoms in total. The van der Waals surface area contributed by atoms with Crippen LogP contribution in [-0.2, 0) is 9.47 Å². The highest BCUT2D eigenvalue weighted by Gasteiger charge is 2.25. The van der Waals surface area contributed by atoms with Gasteiger partial charge < -0.3 is 25.4 Å². The van der Waals surface area contributed by atoms with Crippen molar-refractivity contribution in [1.29, 1.82) is 0 Å². The number of rotatable bonds is 8. The number of esters is 1. The SMILES string of the molecule is CC(C)Nc1nc([C@@H](C)OC(=O)c2ccccc2)cc2cnc(NC3CCC(NC(=O)OC(C)(C)C)CC3)cc12. The summed E-state index contributed by atoms with van der Waals surface area (Å²) in [5, 5.41) is 11.8. The Morgan fingerprint density at radius 1 is 0.975 bits per heavy atom. The molecule has 1 aliphatic carbocycles. The largest absolute Gasteiger partial charge is 0.453 e. The Hall–Kier alpha value is -3.88. The highest BCUT2D eigenvalue weighted by atomic mass is 16.6. The van der Waals surface area contributed by atoms with Gasteiger partial charge in [0, 0.05) is 35.1 Å². The molecule has 3 aromatic rings. The van der Waals surface area contributed by atoms with Crippen molar-refractivity contribution in [3.05, 3.63) is 59.9 Å². The Balaban J connectivity index is 1.44. The van der Waals surface area contributed by atoms with Crippen molar-refractivity contribution in [2.24, 2.45) is 0 Å². The lowest BCUT2D eigenvalue weighted by Gasteiger charge is -2.30. The van der Waals surface area contributed by atoms with E-state index in [0.717, 1.165) is 48.1 Å². The van der Waals surface area contributed by atoms with Crippen LogP contribution in [-0.4, -0.2) is 45.8 Å². The van der Waals surface area contributed by atoms with Crippen LogP contribution < -0.4 is 16.0 Å². The summed E-state index contributed by atoms with van der Waals surface area (Å²) < 4.78 is 11.1. The van der Waals surface area contributed by atoms with E-state index in [9.17, 15) is 9.59 Å². The summed E-state index contributed by atoms with van der Waals surface area (Å²) >= 11 is 0. The first-order valence-corrected chi connectivity index (χ1v) is 14.1. The van der Waals surface area contributed by atoms with E-state index in [2.05, 4.69) is 34.8 Å². The molecule has 1 aromatic carbocycles. The number of fused-ring (bicyclic) bond motifs is 1. The van der Waals surface area contributed by atoms with Crippen LogP contribution in [0, 0.1) is 0 Å². The number of pyridine rings is 2. The Morgan fingerprint density at radius 3 is 2.30 bits per heavy atom. The van der Waals surface area contributed by atoms with Crippen molar-refractivity contribution in [1.82, 2.24) is 15.3 Å². The number of anilines is 2. The van der Waals surface area contributed by atoms with E-state index in [1.54, 1.807) is 12.1 Å². The Morgan fingerprint density at radius 2 is 1.65 bits per heavy atom. The molecule has 1 amide bonds. The van der Waals surface area contributed by atoms with E-state index >= 15 is 0 Å². The zero-order chi connectivity index (χ0) is 28.9. The van der Waals surface area contributed by atoms with Gasteiger partial charge in [0.1, 0.15) is 23.3 Å². The second kappa shape index (κ2) is 12.5. The lowest BCUT2D eigenvalue weighted by Crippen LogP contribution is -2.42. The Labute approximate surface area is 236 Å². The van der Waals surface area contributed by atoms with E-state index in [-0.39, 0.29) is 30.2 Å². The summed E-state index contributed by atoms with van der Waals surface area (Å²) in [5.41, 5.74) is 0.648. The minimum atomic E-state index is -0.535. The summed E-state index contributed by atoms with van der Waals surface area (Å²) in [4.78, 5) is 34.2. The van der Waals surface area contributed by atoms with Gasteiger partial charge in [-0.15, -0.1) is 0 Å². The predicted molar refractivity (Wildman–Crippen MR) is 158 cm³/mol. The number of hydrogen-bond acceptors (Lipinski definition) is 8. The van der Waals surface area contributed by atoms with E-state index < -0.39 is 11.7 Å². The third-order valence-corrected chi connectivity index (χ3v) is 6.67. The molecule has 0 spiro atoms. The van der Waals surface area contributed by atoms with Crippen LogP contribution in [0.4, 0.5) is 16.4 Å². The molecule has 0 saturated heterocycles.